The summed E-state index contributed by atoms with van der Waals surface area (Å²) in [5, 5.41) is 6.48. The number of nitrogens with zero attached hydrogens (tertiary/aromatic N) is 1. The molecule has 0 aromatic heterocycles. The molecule has 1 aromatic rings. The van der Waals surface area contributed by atoms with Gasteiger partial charge in [-0.1, -0.05) is 26.0 Å². The van der Waals surface area contributed by atoms with Crippen LogP contribution in [0.2, 0.25) is 0 Å². The van der Waals surface area contributed by atoms with Crippen LogP contribution >= 0.6 is 0 Å². The van der Waals surface area contributed by atoms with Gasteiger partial charge < -0.3 is 10.6 Å². The Labute approximate surface area is 139 Å². The molecule has 0 spiro atoms. The smallest absolute Gasteiger partial charge is 0.240 e. The summed E-state index contributed by atoms with van der Waals surface area (Å²) >= 11 is 0. The van der Waals surface area contributed by atoms with Gasteiger partial charge in [-0.15, -0.1) is 0 Å². The van der Waals surface area contributed by atoms with E-state index in [0.717, 1.165) is 31.0 Å². The number of guanidine groups is 1. The lowest BCUT2D eigenvalue weighted by Crippen LogP contribution is -2.38. The highest BCUT2D eigenvalue weighted by atomic mass is 32.2. The second-order valence-electron chi connectivity index (χ2n) is 5.66. The molecule has 0 aliphatic heterocycles. The van der Waals surface area contributed by atoms with Crippen molar-refractivity contribution in [1.29, 1.82) is 0 Å². The SMILES string of the molecule is CCNC(=NCc1cccc(S(=O)(=O)NC)c1)NCCC(C)C. The lowest BCUT2D eigenvalue weighted by molar-refractivity contribution is 0.573. The molecular weight excluding hydrogens is 312 g/mol. The van der Waals surface area contributed by atoms with Crippen molar-refractivity contribution < 1.29 is 8.42 Å². The largest absolute Gasteiger partial charge is 0.357 e. The fraction of sp³-hybridized carbons (Fsp3) is 0.562. The predicted molar refractivity (Wildman–Crippen MR) is 95.0 cm³/mol. The molecule has 0 bridgehead atoms. The van der Waals surface area contributed by atoms with Crippen LogP contribution in [0.1, 0.15) is 32.8 Å². The van der Waals surface area contributed by atoms with Gasteiger partial charge in [0.2, 0.25) is 10.0 Å². The highest BCUT2D eigenvalue weighted by Crippen LogP contribution is 2.11. The topological polar surface area (TPSA) is 82.6 Å². The maximum atomic E-state index is 11.8. The molecular formula is C16H28N4O2S. The summed E-state index contributed by atoms with van der Waals surface area (Å²) < 4.78 is 26.0. The summed E-state index contributed by atoms with van der Waals surface area (Å²) in [5.41, 5.74) is 0.849. The molecule has 0 atom stereocenters. The zero-order valence-electron chi connectivity index (χ0n) is 14.4. The van der Waals surface area contributed by atoms with E-state index in [9.17, 15) is 8.42 Å². The minimum Gasteiger partial charge on any atom is -0.357 e. The lowest BCUT2D eigenvalue weighted by atomic mass is 10.1. The number of aliphatic imine (C=N–C) groups is 1. The first kappa shape index (κ1) is 19.4. The summed E-state index contributed by atoms with van der Waals surface area (Å²) in [4.78, 5) is 4.76. The van der Waals surface area contributed by atoms with Crippen LogP contribution in [-0.2, 0) is 16.6 Å². The first-order valence-electron chi connectivity index (χ1n) is 7.93. The van der Waals surface area contributed by atoms with E-state index in [0.29, 0.717) is 12.5 Å². The van der Waals surface area contributed by atoms with Crippen molar-refractivity contribution in [3.05, 3.63) is 29.8 Å². The summed E-state index contributed by atoms with van der Waals surface area (Å²) in [6.45, 7) is 8.43. The molecule has 0 unspecified atom stereocenters. The third-order valence-corrected chi connectivity index (χ3v) is 4.67. The van der Waals surface area contributed by atoms with E-state index in [4.69, 9.17) is 0 Å². The summed E-state index contributed by atoms with van der Waals surface area (Å²) in [6, 6.07) is 6.82. The van der Waals surface area contributed by atoms with Gasteiger partial charge in [-0.2, -0.15) is 0 Å². The fourth-order valence-electron chi connectivity index (χ4n) is 1.92. The second kappa shape index (κ2) is 9.52. The molecule has 0 saturated carbocycles. The molecule has 23 heavy (non-hydrogen) atoms. The van der Waals surface area contributed by atoms with Gasteiger partial charge in [0.1, 0.15) is 0 Å². The highest BCUT2D eigenvalue weighted by Gasteiger charge is 2.11. The minimum absolute atomic E-state index is 0.255. The van der Waals surface area contributed by atoms with E-state index in [1.807, 2.05) is 13.0 Å². The van der Waals surface area contributed by atoms with Crippen molar-refractivity contribution >= 4 is 16.0 Å². The molecule has 0 amide bonds. The summed E-state index contributed by atoms with van der Waals surface area (Å²) in [5.74, 6) is 1.38. The van der Waals surface area contributed by atoms with E-state index in [1.54, 1.807) is 18.2 Å². The van der Waals surface area contributed by atoms with E-state index < -0.39 is 10.0 Å². The number of hydrogen-bond donors (Lipinski definition) is 3. The number of rotatable bonds is 8. The number of hydrogen-bond acceptors (Lipinski definition) is 3. The summed E-state index contributed by atoms with van der Waals surface area (Å²) in [7, 11) is -2.02. The van der Waals surface area contributed by atoms with Crippen LogP contribution in [0.25, 0.3) is 0 Å². The van der Waals surface area contributed by atoms with Gasteiger partial charge in [0.05, 0.1) is 11.4 Å². The van der Waals surface area contributed by atoms with E-state index in [1.165, 1.54) is 7.05 Å². The Balaban J connectivity index is 2.77. The van der Waals surface area contributed by atoms with Gasteiger partial charge in [-0.3, -0.25) is 0 Å². The normalized spacial score (nSPS) is 12.5. The zero-order chi connectivity index (χ0) is 17.3. The van der Waals surface area contributed by atoms with Crippen LogP contribution in [0, 0.1) is 5.92 Å². The molecule has 6 nitrogen and oxygen atoms in total. The molecule has 0 aliphatic rings. The average Bonchev–Trinajstić information content (AvgIpc) is 2.52. The molecule has 0 heterocycles. The Bertz CT molecular complexity index is 612. The van der Waals surface area contributed by atoms with Crippen molar-refractivity contribution in [3.8, 4) is 0 Å². The first-order chi connectivity index (χ1) is 10.9. The van der Waals surface area contributed by atoms with Crippen molar-refractivity contribution in [2.45, 2.75) is 38.6 Å². The Hall–Kier alpha value is -1.60. The van der Waals surface area contributed by atoms with Gasteiger partial charge >= 0.3 is 0 Å². The molecule has 0 saturated heterocycles. The molecule has 7 heteroatoms. The van der Waals surface area contributed by atoms with Crippen LogP contribution < -0.4 is 15.4 Å². The maximum Gasteiger partial charge on any atom is 0.240 e. The average molecular weight is 340 g/mol. The van der Waals surface area contributed by atoms with Gasteiger partial charge in [-0.25, -0.2) is 18.1 Å². The molecule has 1 aromatic carbocycles. The third-order valence-electron chi connectivity index (χ3n) is 3.26. The van der Waals surface area contributed by atoms with Gasteiger partial charge in [0, 0.05) is 13.1 Å². The van der Waals surface area contributed by atoms with Crippen molar-refractivity contribution in [3.63, 3.8) is 0 Å². The van der Waals surface area contributed by atoms with Crippen molar-refractivity contribution in [1.82, 2.24) is 15.4 Å². The van der Waals surface area contributed by atoms with Crippen LogP contribution in [0.3, 0.4) is 0 Å². The van der Waals surface area contributed by atoms with Crippen molar-refractivity contribution in [2.75, 3.05) is 20.1 Å². The van der Waals surface area contributed by atoms with Gasteiger partial charge in [0.25, 0.3) is 0 Å². The van der Waals surface area contributed by atoms with E-state index in [2.05, 4.69) is 34.2 Å². The molecule has 0 aliphatic carbocycles. The second-order valence-corrected chi connectivity index (χ2v) is 7.55. The third kappa shape index (κ3) is 7.00. The maximum absolute atomic E-state index is 11.8. The summed E-state index contributed by atoms with van der Waals surface area (Å²) in [6.07, 6.45) is 1.07. The first-order valence-corrected chi connectivity index (χ1v) is 9.42. The molecule has 1 rings (SSSR count). The Kier molecular flexibility index (Phi) is 8.05. The Morgan fingerprint density at radius 2 is 2.00 bits per heavy atom. The zero-order valence-corrected chi connectivity index (χ0v) is 15.2. The Morgan fingerprint density at radius 1 is 1.26 bits per heavy atom. The lowest BCUT2D eigenvalue weighted by Gasteiger charge is -2.12. The predicted octanol–water partition coefficient (Wildman–Crippen LogP) is 1.70. The Morgan fingerprint density at radius 3 is 2.61 bits per heavy atom. The van der Waals surface area contributed by atoms with Gasteiger partial charge in [0.15, 0.2) is 5.96 Å². The van der Waals surface area contributed by atoms with Crippen molar-refractivity contribution in [2.24, 2.45) is 10.9 Å². The minimum atomic E-state index is -3.42. The van der Waals surface area contributed by atoms with Gasteiger partial charge in [-0.05, 0) is 44.0 Å². The monoisotopic (exact) mass is 340 g/mol. The van der Waals surface area contributed by atoms with E-state index in [-0.39, 0.29) is 4.90 Å². The molecule has 130 valence electrons. The fourth-order valence-corrected chi connectivity index (χ4v) is 2.72. The van der Waals surface area contributed by atoms with Crippen LogP contribution in [-0.4, -0.2) is 34.5 Å². The number of benzene rings is 1. The van der Waals surface area contributed by atoms with Crippen LogP contribution in [0.5, 0.6) is 0 Å². The molecule has 3 N–H and O–H groups in total. The van der Waals surface area contributed by atoms with Crippen LogP contribution in [0.15, 0.2) is 34.2 Å². The van der Waals surface area contributed by atoms with E-state index >= 15 is 0 Å². The highest BCUT2D eigenvalue weighted by molar-refractivity contribution is 7.89. The number of nitrogens with one attached hydrogen (secondary N) is 3. The molecule has 0 radical (unpaired) electrons. The number of sulfonamides is 1. The molecule has 0 fully saturated rings. The standard InChI is InChI=1S/C16H28N4O2S/c1-5-18-16(19-10-9-13(2)3)20-12-14-7-6-8-15(11-14)23(21,22)17-4/h6-8,11,13,17H,5,9-10,12H2,1-4H3,(H2,18,19,20). The van der Waals surface area contributed by atoms with Crippen LogP contribution in [0.4, 0.5) is 0 Å². The quantitative estimate of drug-likeness (QED) is 0.497.